The van der Waals surface area contributed by atoms with E-state index in [1.165, 1.54) is 4.31 Å². The summed E-state index contributed by atoms with van der Waals surface area (Å²) in [5.74, 6) is 0. The van der Waals surface area contributed by atoms with Crippen molar-refractivity contribution in [3.63, 3.8) is 0 Å². The SMILES string of the molecule is CC(N)C1CCCCN1S(=O)(=O)c1ccc(C(F)(F)F)nc1. The predicted molar refractivity (Wildman–Crippen MR) is 74.4 cm³/mol. The predicted octanol–water partition coefficient (Wildman–Crippen LogP) is 1.99. The van der Waals surface area contributed by atoms with E-state index in [9.17, 15) is 21.6 Å². The number of sulfonamides is 1. The molecule has 0 saturated carbocycles. The molecule has 2 rings (SSSR count). The molecule has 1 aromatic rings. The van der Waals surface area contributed by atoms with Crippen LogP contribution in [0.25, 0.3) is 0 Å². The minimum atomic E-state index is -4.60. The minimum Gasteiger partial charge on any atom is -0.326 e. The van der Waals surface area contributed by atoms with Gasteiger partial charge in [-0.05, 0) is 31.9 Å². The molecule has 1 aliphatic rings. The van der Waals surface area contributed by atoms with Gasteiger partial charge in [0, 0.05) is 24.8 Å². The van der Waals surface area contributed by atoms with Gasteiger partial charge in [-0.2, -0.15) is 17.5 Å². The Morgan fingerprint density at radius 3 is 2.55 bits per heavy atom. The van der Waals surface area contributed by atoms with Gasteiger partial charge in [0.15, 0.2) is 0 Å². The fourth-order valence-corrected chi connectivity index (χ4v) is 4.31. The van der Waals surface area contributed by atoms with Gasteiger partial charge in [0.1, 0.15) is 10.6 Å². The van der Waals surface area contributed by atoms with Gasteiger partial charge >= 0.3 is 6.18 Å². The summed E-state index contributed by atoms with van der Waals surface area (Å²) in [6.45, 7) is 2.04. The van der Waals surface area contributed by atoms with Gasteiger partial charge in [-0.25, -0.2) is 8.42 Å². The normalized spacial score (nSPS) is 22.5. The van der Waals surface area contributed by atoms with Crippen molar-refractivity contribution in [2.24, 2.45) is 5.73 Å². The maximum absolute atomic E-state index is 12.6. The Balaban J connectivity index is 2.33. The lowest BCUT2D eigenvalue weighted by Crippen LogP contribution is -2.51. The Kier molecular flexibility index (Phi) is 4.78. The van der Waals surface area contributed by atoms with Crippen molar-refractivity contribution in [1.82, 2.24) is 9.29 Å². The van der Waals surface area contributed by atoms with Crippen molar-refractivity contribution in [1.29, 1.82) is 0 Å². The van der Waals surface area contributed by atoms with Crippen molar-refractivity contribution >= 4 is 10.0 Å². The molecule has 9 heteroatoms. The Hall–Kier alpha value is -1.19. The summed E-state index contributed by atoms with van der Waals surface area (Å²) in [5, 5.41) is 0. The number of nitrogens with zero attached hydrogens (tertiary/aromatic N) is 2. The molecule has 124 valence electrons. The summed E-state index contributed by atoms with van der Waals surface area (Å²) in [5.41, 5.74) is 4.73. The number of pyridine rings is 1. The lowest BCUT2D eigenvalue weighted by Gasteiger charge is -2.36. The molecule has 0 spiro atoms. The van der Waals surface area contributed by atoms with E-state index in [0.29, 0.717) is 25.5 Å². The van der Waals surface area contributed by atoms with Crippen LogP contribution in [-0.2, 0) is 16.2 Å². The van der Waals surface area contributed by atoms with Crippen LogP contribution in [0.15, 0.2) is 23.2 Å². The second-order valence-electron chi connectivity index (χ2n) is 5.41. The first-order chi connectivity index (χ1) is 10.1. The number of aromatic nitrogens is 1. The number of halogens is 3. The van der Waals surface area contributed by atoms with Crippen LogP contribution in [0.2, 0.25) is 0 Å². The molecule has 2 unspecified atom stereocenters. The second-order valence-corrected chi connectivity index (χ2v) is 7.31. The molecule has 0 radical (unpaired) electrons. The van der Waals surface area contributed by atoms with Crippen molar-refractivity contribution in [2.75, 3.05) is 6.54 Å². The highest BCUT2D eigenvalue weighted by molar-refractivity contribution is 7.89. The number of hydrogen-bond donors (Lipinski definition) is 1. The smallest absolute Gasteiger partial charge is 0.326 e. The van der Waals surface area contributed by atoms with Crippen LogP contribution >= 0.6 is 0 Å². The minimum absolute atomic E-state index is 0.243. The topological polar surface area (TPSA) is 76.3 Å². The Morgan fingerprint density at radius 2 is 2.05 bits per heavy atom. The van der Waals surface area contributed by atoms with Gasteiger partial charge in [-0.3, -0.25) is 4.98 Å². The van der Waals surface area contributed by atoms with E-state index in [-0.39, 0.29) is 17.0 Å². The number of alkyl halides is 3. The van der Waals surface area contributed by atoms with Crippen LogP contribution in [0.4, 0.5) is 13.2 Å². The second kappa shape index (κ2) is 6.13. The van der Waals surface area contributed by atoms with Gasteiger partial charge in [0.2, 0.25) is 10.0 Å². The highest BCUT2D eigenvalue weighted by Crippen LogP contribution is 2.30. The summed E-state index contributed by atoms with van der Waals surface area (Å²) < 4.78 is 64.0. The fourth-order valence-electron chi connectivity index (χ4n) is 2.59. The number of rotatable bonds is 3. The molecule has 1 fully saturated rings. The third-order valence-electron chi connectivity index (χ3n) is 3.74. The van der Waals surface area contributed by atoms with Crippen LogP contribution in [0.5, 0.6) is 0 Å². The molecule has 2 heterocycles. The highest BCUT2D eigenvalue weighted by atomic mass is 32.2. The van der Waals surface area contributed by atoms with E-state index < -0.39 is 21.9 Å². The zero-order chi connectivity index (χ0) is 16.5. The third-order valence-corrected chi connectivity index (χ3v) is 5.65. The van der Waals surface area contributed by atoms with E-state index >= 15 is 0 Å². The molecule has 0 aliphatic carbocycles. The van der Waals surface area contributed by atoms with Gasteiger partial charge in [-0.1, -0.05) is 6.42 Å². The standard InChI is InChI=1S/C13H18F3N3O2S/c1-9(17)11-4-2-3-7-19(11)22(20,21)10-5-6-12(18-8-10)13(14,15)16/h5-6,8-9,11H,2-4,7,17H2,1H3. The van der Waals surface area contributed by atoms with E-state index in [4.69, 9.17) is 5.73 Å². The maximum atomic E-state index is 12.6. The zero-order valence-corrected chi connectivity index (χ0v) is 12.9. The molecular weight excluding hydrogens is 319 g/mol. The quantitative estimate of drug-likeness (QED) is 0.915. The van der Waals surface area contributed by atoms with Crippen molar-refractivity contribution in [3.05, 3.63) is 24.0 Å². The average Bonchev–Trinajstić information content (AvgIpc) is 2.46. The molecular formula is C13H18F3N3O2S. The largest absolute Gasteiger partial charge is 0.433 e. The summed E-state index contributed by atoms with van der Waals surface area (Å²) in [6.07, 6.45) is -1.61. The summed E-state index contributed by atoms with van der Waals surface area (Å²) in [7, 11) is -3.89. The molecule has 1 aliphatic heterocycles. The first-order valence-corrected chi connectivity index (χ1v) is 8.38. The van der Waals surface area contributed by atoms with E-state index in [1.54, 1.807) is 6.92 Å². The molecule has 1 saturated heterocycles. The monoisotopic (exact) mass is 337 g/mol. The molecule has 0 amide bonds. The molecule has 0 bridgehead atoms. The van der Waals surface area contributed by atoms with Gasteiger partial charge in [0.05, 0.1) is 0 Å². The third kappa shape index (κ3) is 3.41. The first-order valence-electron chi connectivity index (χ1n) is 6.94. The first kappa shape index (κ1) is 17.2. The van der Waals surface area contributed by atoms with E-state index in [2.05, 4.69) is 4.98 Å². The van der Waals surface area contributed by atoms with Gasteiger partial charge in [-0.15, -0.1) is 0 Å². The van der Waals surface area contributed by atoms with Crippen LogP contribution in [0.3, 0.4) is 0 Å². The molecule has 2 atom stereocenters. The van der Waals surface area contributed by atoms with E-state index in [0.717, 1.165) is 18.7 Å². The zero-order valence-electron chi connectivity index (χ0n) is 12.0. The maximum Gasteiger partial charge on any atom is 0.433 e. The molecule has 5 nitrogen and oxygen atoms in total. The highest BCUT2D eigenvalue weighted by Gasteiger charge is 2.37. The number of hydrogen-bond acceptors (Lipinski definition) is 4. The fraction of sp³-hybridized carbons (Fsp3) is 0.615. The summed E-state index contributed by atoms with van der Waals surface area (Å²) in [4.78, 5) is 2.98. The molecule has 0 aromatic carbocycles. The number of piperidine rings is 1. The lowest BCUT2D eigenvalue weighted by molar-refractivity contribution is -0.141. The van der Waals surface area contributed by atoms with Crippen LogP contribution < -0.4 is 5.73 Å². The Labute approximate surface area is 127 Å². The van der Waals surface area contributed by atoms with Crippen LogP contribution in [0.1, 0.15) is 31.9 Å². The average molecular weight is 337 g/mol. The Morgan fingerprint density at radius 1 is 1.36 bits per heavy atom. The molecule has 22 heavy (non-hydrogen) atoms. The van der Waals surface area contributed by atoms with Crippen LogP contribution in [-0.4, -0.2) is 36.3 Å². The van der Waals surface area contributed by atoms with Crippen molar-refractivity contribution < 1.29 is 21.6 Å². The van der Waals surface area contributed by atoms with Crippen molar-refractivity contribution in [3.8, 4) is 0 Å². The van der Waals surface area contributed by atoms with Crippen LogP contribution in [0, 0.1) is 0 Å². The molecule has 2 N–H and O–H groups in total. The molecule has 1 aromatic heterocycles. The van der Waals surface area contributed by atoms with Gasteiger partial charge in [0.25, 0.3) is 0 Å². The summed E-state index contributed by atoms with van der Waals surface area (Å²) in [6, 6.07) is 0.925. The summed E-state index contributed by atoms with van der Waals surface area (Å²) >= 11 is 0. The van der Waals surface area contributed by atoms with Crippen molar-refractivity contribution in [2.45, 2.75) is 49.3 Å². The Bertz CT molecular complexity index is 614. The van der Waals surface area contributed by atoms with Gasteiger partial charge < -0.3 is 5.73 Å². The lowest BCUT2D eigenvalue weighted by atomic mass is 10.00. The number of nitrogens with two attached hydrogens (primary N) is 1. The van der Waals surface area contributed by atoms with E-state index in [1.807, 2.05) is 0 Å².